The summed E-state index contributed by atoms with van der Waals surface area (Å²) in [4.78, 5) is 49.5. The molecule has 166 valence electrons. The van der Waals surface area contributed by atoms with Gasteiger partial charge in [0.25, 0.3) is 5.91 Å². The molecule has 0 saturated carbocycles. The zero-order valence-corrected chi connectivity index (χ0v) is 19.0. The van der Waals surface area contributed by atoms with Gasteiger partial charge in [0.2, 0.25) is 11.8 Å². The second-order valence-corrected chi connectivity index (χ2v) is 8.83. The Hall–Kier alpha value is -2.94. The summed E-state index contributed by atoms with van der Waals surface area (Å²) in [7, 11) is 0. The average molecular weight is 445 g/mol. The van der Waals surface area contributed by atoms with Gasteiger partial charge >= 0.3 is 0 Å². The normalized spacial score (nSPS) is 16.8. The van der Waals surface area contributed by atoms with Gasteiger partial charge in [0.05, 0.1) is 16.1 Å². The summed E-state index contributed by atoms with van der Waals surface area (Å²) >= 11 is 1.57. The quantitative estimate of drug-likeness (QED) is 0.640. The van der Waals surface area contributed by atoms with Gasteiger partial charge in [-0.3, -0.25) is 14.4 Å². The fourth-order valence-corrected chi connectivity index (χ4v) is 4.46. The highest BCUT2D eigenvalue weighted by Crippen LogP contribution is 2.28. The first kappa shape index (κ1) is 22.7. The zero-order chi connectivity index (χ0) is 22.5. The lowest BCUT2D eigenvalue weighted by atomic mass is 10.0. The highest BCUT2D eigenvalue weighted by Gasteiger charge is 2.38. The van der Waals surface area contributed by atoms with E-state index in [2.05, 4.69) is 15.8 Å². The fourth-order valence-electron chi connectivity index (χ4n) is 3.64. The Balaban J connectivity index is 1.61. The van der Waals surface area contributed by atoms with Gasteiger partial charge in [-0.1, -0.05) is 13.8 Å². The Labute approximate surface area is 185 Å². The second kappa shape index (κ2) is 9.91. The Morgan fingerprint density at radius 2 is 1.94 bits per heavy atom. The van der Waals surface area contributed by atoms with E-state index < -0.39 is 12.1 Å². The van der Waals surface area contributed by atoms with Crippen LogP contribution in [0.25, 0.3) is 10.4 Å². The minimum Gasteiger partial charge on any atom is -0.379 e. The highest BCUT2D eigenvalue weighted by molar-refractivity contribution is 7.13. The molecule has 1 saturated heterocycles. The fraction of sp³-hybridized carbons (Fsp3) is 0.455. The molecule has 1 aliphatic heterocycles. The number of amides is 3. The van der Waals surface area contributed by atoms with Gasteiger partial charge in [-0.2, -0.15) is 5.48 Å². The second-order valence-electron chi connectivity index (χ2n) is 7.97. The Morgan fingerprint density at radius 3 is 2.52 bits per heavy atom. The van der Waals surface area contributed by atoms with Crippen LogP contribution in [-0.4, -0.2) is 46.2 Å². The molecule has 1 aliphatic rings. The lowest BCUT2D eigenvalue weighted by Crippen LogP contribution is -2.55. The summed E-state index contributed by atoms with van der Waals surface area (Å²) in [5, 5.41) is 2.70. The maximum Gasteiger partial charge on any atom is 0.275 e. The van der Waals surface area contributed by atoms with Crippen molar-refractivity contribution in [2.75, 3.05) is 6.54 Å². The third-order valence-electron chi connectivity index (χ3n) is 5.26. The maximum atomic E-state index is 13.0. The molecule has 9 heteroatoms. The molecule has 2 unspecified atom stereocenters. The summed E-state index contributed by atoms with van der Waals surface area (Å²) in [6.07, 6.45) is 1.27. The molecule has 2 aromatic rings. The van der Waals surface area contributed by atoms with Crippen LogP contribution < -0.4 is 15.6 Å². The first-order valence-electron chi connectivity index (χ1n) is 10.3. The SMILES string of the molecule is CC(=O)NC(C(=O)N1CCCC1C(=O)NOc1ccc(-c2scnc2C)cc1)C(C)C. The van der Waals surface area contributed by atoms with Crippen LogP contribution in [0.1, 0.15) is 39.3 Å². The summed E-state index contributed by atoms with van der Waals surface area (Å²) in [6, 6.07) is 6.09. The molecule has 2 N–H and O–H groups in total. The largest absolute Gasteiger partial charge is 0.379 e. The van der Waals surface area contributed by atoms with Gasteiger partial charge < -0.3 is 15.1 Å². The van der Waals surface area contributed by atoms with Gasteiger partial charge in [0, 0.05) is 13.5 Å². The molecular weight excluding hydrogens is 416 g/mol. The number of hydrogen-bond donors (Lipinski definition) is 2. The molecule has 0 spiro atoms. The predicted molar refractivity (Wildman–Crippen MR) is 118 cm³/mol. The number of carbonyl (C=O) groups is 3. The van der Waals surface area contributed by atoms with Crippen molar-refractivity contribution in [3.05, 3.63) is 35.5 Å². The van der Waals surface area contributed by atoms with Crippen LogP contribution in [0.4, 0.5) is 0 Å². The van der Waals surface area contributed by atoms with E-state index in [9.17, 15) is 14.4 Å². The van der Waals surface area contributed by atoms with Crippen LogP contribution in [0.2, 0.25) is 0 Å². The molecule has 3 rings (SSSR count). The molecule has 1 aromatic heterocycles. The summed E-state index contributed by atoms with van der Waals surface area (Å²) in [5.41, 5.74) is 6.28. The van der Waals surface area contributed by atoms with Crippen LogP contribution >= 0.6 is 11.3 Å². The van der Waals surface area contributed by atoms with Gasteiger partial charge in [-0.05, 0) is 55.5 Å². The van der Waals surface area contributed by atoms with Crippen LogP contribution in [0.5, 0.6) is 5.75 Å². The topological polar surface area (TPSA) is 101 Å². The third kappa shape index (κ3) is 5.41. The number of aryl methyl sites for hydroxylation is 1. The average Bonchev–Trinajstić information content (AvgIpc) is 3.39. The maximum absolute atomic E-state index is 13.0. The molecule has 2 heterocycles. The van der Waals surface area contributed by atoms with Gasteiger partial charge in [0.15, 0.2) is 5.75 Å². The first-order valence-corrected chi connectivity index (χ1v) is 11.2. The van der Waals surface area contributed by atoms with Crippen molar-refractivity contribution in [2.45, 2.75) is 52.6 Å². The molecule has 3 amide bonds. The molecule has 8 nitrogen and oxygen atoms in total. The monoisotopic (exact) mass is 444 g/mol. The van der Waals surface area contributed by atoms with Crippen molar-refractivity contribution >= 4 is 29.1 Å². The van der Waals surface area contributed by atoms with Crippen molar-refractivity contribution in [2.24, 2.45) is 5.92 Å². The minimum atomic E-state index is -0.658. The minimum absolute atomic E-state index is 0.0855. The molecule has 0 bridgehead atoms. The standard InChI is InChI=1S/C22H28N4O4S/c1-13(2)19(24-15(4)27)22(29)26-11-5-6-18(26)21(28)25-30-17-9-7-16(8-10-17)20-14(3)23-12-31-20/h7-10,12-13,18-19H,5-6,11H2,1-4H3,(H,24,27)(H,25,28). The number of aromatic nitrogens is 1. The van der Waals surface area contributed by atoms with Crippen molar-refractivity contribution in [1.82, 2.24) is 20.7 Å². The van der Waals surface area contributed by atoms with Crippen molar-refractivity contribution in [1.29, 1.82) is 0 Å². The molecule has 0 radical (unpaired) electrons. The molecule has 1 aromatic carbocycles. The van der Waals surface area contributed by atoms with Crippen LogP contribution in [0.15, 0.2) is 29.8 Å². The van der Waals surface area contributed by atoms with Gasteiger partial charge in [-0.25, -0.2) is 4.98 Å². The van der Waals surface area contributed by atoms with E-state index >= 15 is 0 Å². The van der Waals surface area contributed by atoms with E-state index in [4.69, 9.17) is 4.84 Å². The Bertz CT molecular complexity index is 941. The summed E-state index contributed by atoms with van der Waals surface area (Å²) in [5.74, 6) is -0.482. The number of nitrogens with zero attached hydrogens (tertiary/aromatic N) is 2. The Kier molecular flexibility index (Phi) is 7.27. The smallest absolute Gasteiger partial charge is 0.275 e. The molecular formula is C22H28N4O4S. The van der Waals surface area contributed by atoms with E-state index in [-0.39, 0.29) is 23.6 Å². The van der Waals surface area contributed by atoms with E-state index in [1.807, 2.05) is 32.9 Å². The number of rotatable bonds is 7. The molecule has 31 heavy (non-hydrogen) atoms. The third-order valence-corrected chi connectivity index (χ3v) is 6.24. The lowest BCUT2D eigenvalue weighted by molar-refractivity contribution is -0.144. The van der Waals surface area contributed by atoms with Crippen molar-refractivity contribution in [3.8, 4) is 16.2 Å². The van der Waals surface area contributed by atoms with Gasteiger partial charge in [0.1, 0.15) is 12.1 Å². The number of benzene rings is 1. The summed E-state index contributed by atoms with van der Waals surface area (Å²) < 4.78 is 0. The highest BCUT2D eigenvalue weighted by atomic mass is 32.1. The predicted octanol–water partition coefficient (Wildman–Crippen LogP) is 2.68. The van der Waals surface area contributed by atoms with Crippen LogP contribution in [-0.2, 0) is 14.4 Å². The summed E-state index contributed by atoms with van der Waals surface area (Å²) in [6.45, 7) is 7.55. The first-order chi connectivity index (χ1) is 14.8. The number of thiazole rings is 1. The van der Waals surface area contributed by atoms with Crippen molar-refractivity contribution < 1.29 is 19.2 Å². The van der Waals surface area contributed by atoms with E-state index in [0.29, 0.717) is 18.7 Å². The molecule has 1 fully saturated rings. The Morgan fingerprint density at radius 1 is 1.23 bits per heavy atom. The van der Waals surface area contributed by atoms with Crippen LogP contribution in [0, 0.1) is 12.8 Å². The van der Waals surface area contributed by atoms with E-state index in [0.717, 1.165) is 22.6 Å². The molecule has 0 aliphatic carbocycles. The van der Waals surface area contributed by atoms with Crippen LogP contribution in [0.3, 0.4) is 0 Å². The molecule has 2 atom stereocenters. The lowest BCUT2D eigenvalue weighted by Gasteiger charge is -2.30. The number of likely N-dealkylation sites (tertiary alicyclic amines) is 1. The van der Waals surface area contributed by atoms with Gasteiger partial charge in [-0.15, -0.1) is 11.3 Å². The van der Waals surface area contributed by atoms with Crippen molar-refractivity contribution in [3.63, 3.8) is 0 Å². The number of hydroxylamine groups is 1. The van der Waals surface area contributed by atoms with E-state index in [1.54, 1.807) is 29.0 Å². The number of hydrogen-bond acceptors (Lipinski definition) is 6. The number of nitrogens with one attached hydrogen (secondary N) is 2. The zero-order valence-electron chi connectivity index (χ0n) is 18.2. The van der Waals surface area contributed by atoms with E-state index in [1.165, 1.54) is 11.8 Å². The number of carbonyl (C=O) groups excluding carboxylic acids is 3.